The quantitative estimate of drug-likeness (QED) is 0.857. The van der Waals surface area contributed by atoms with Gasteiger partial charge in [-0.3, -0.25) is 4.79 Å². The second kappa shape index (κ2) is 7.43. The molecular formula is C17H21N3O. The Morgan fingerprint density at radius 3 is 2.52 bits per heavy atom. The van der Waals surface area contributed by atoms with E-state index in [0.29, 0.717) is 5.69 Å². The SMILES string of the molecule is CC(C)NC(=O)c1ccc(NCCc2ccccc2)cn1. The first-order valence-corrected chi connectivity index (χ1v) is 7.20. The van der Waals surface area contributed by atoms with Crippen molar-refractivity contribution in [2.45, 2.75) is 26.3 Å². The van der Waals surface area contributed by atoms with Crippen LogP contribution in [-0.4, -0.2) is 23.5 Å². The Bertz CT molecular complexity index is 564. The van der Waals surface area contributed by atoms with E-state index in [1.165, 1.54) is 5.56 Å². The highest BCUT2D eigenvalue weighted by Gasteiger charge is 2.07. The molecule has 0 aliphatic heterocycles. The van der Waals surface area contributed by atoms with Gasteiger partial charge in [0, 0.05) is 12.6 Å². The van der Waals surface area contributed by atoms with E-state index in [0.717, 1.165) is 18.7 Å². The van der Waals surface area contributed by atoms with Crippen LogP contribution in [0.5, 0.6) is 0 Å². The number of amides is 1. The molecular weight excluding hydrogens is 262 g/mol. The van der Waals surface area contributed by atoms with Gasteiger partial charge < -0.3 is 10.6 Å². The number of hydrogen-bond acceptors (Lipinski definition) is 3. The van der Waals surface area contributed by atoms with Gasteiger partial charge in [-0.2, -0.15) is 0 Å². The summed E-state index contributed by atoms with van der Waals surface area (Å²) in [6.07, 6.45) is 2.65. The molecule has 0 radical (unpaired) electrons. The molecule has 1 heterocycles. The topological polar surface area (TPSA) is 54.0 Å². The first-order chi connectivity index (χ1) is 10.1. The van der Waals surface area contributed by atoms with Crippen molar-refractivity contribution in [1.29, 1.82) is 0 Å². The zero-order valence-corrected chi connectivity index (χ0v) is 12.5. The van der Waals surface area contributed by atoms with E-state index < -0.39 is 0 Å². The summed E-state index contributed by atoms with van der Waals surface area (Å²) in [6.45, 7) is 4.69. The van der Waals surface area contributed by atoms with Gasteiger partial charge in [0.1, 0.15) is 5.69 Å². The molecule has 2 aromatic rings. The fourth-order valence-electron chi connectivity index (χ4n) is 1.96. The van der Waals surface area contributed by atoms with E-state index in [4.69, 9.17) is 0 Å². The van der Waals surface area contributed by atoms with Gasteiger partial charge in [-0.05, 0) is 38.0 Å². The van der Waals surface area contributed by atoms with E-state index in [2.05, 4.69) is 27.8 Å². The molecule has 1 aromatic heterocycles. The second-order valence-corrected chi connectivity index (χ2v) is 5.22. The van der Waals surface area contributed by atoms with E-state index in [1.54, 1.807) is 12.3 Å². The number of carbonyl (C=O) groups is 1. The average molecular weight is 283 g/mol. The third-order valence-electron chi connectivity index (χ3n) is 3.00. The van der Waals surface area contributed by atoms with Crippen LogP contribution in [0.2, 0.25) is 0 Å². The lowest BCUT2D eigenvalue weighted by Crippen LogP contribution is -2.30. The summed E-state index contributed by atoms with van der Waals surface area (Å²) in [5.41, 5.74) is 2.66. The van der Waals surface area contributed by atoms with Crippen LogP contribution in [0.1, 0.15) is 29.9 Å². The number of anilines is 1. The molecule has 2 rings (SSSR count). The standard InChI is InChI=1S/C17H21N3O/c1-13(2)20-17(21)16-9-8-15(12-19-16)18-11-10-14-6-4-3-5-7-14/h3-9,12-13,18H,10-11H2,1-2H3,(H,20,21). The zero-order valence-electron chi connectivity index (χ0n) is 12.5. The van der Waals surface area contributed by atoms with Crippen LogP contribution in [-0.2, 0) is 6.42 Å². The van der Waals surface area contributed by atoms with Gasteiger partial charge in [0.15, 0.2) is 0 Å². The largest absolute Gasteiger partial charge is 0.383 e. The summed E-state index contributed by atoms with van der Waals surface area (Å²) >= 11 is 0. The molecule has 1 aromatic carbocycles. The Morgan fingerprint density at radius 2 is 1.90 bits per heavy atom. The normalized spacial score (nSPS) is 10.4. The smallest absolute Gasteiger partial charge is 0.270 e. The molecule has 0 aliphatic rings. The predicted molar refractivity (Wildman–Crippen MR) is 85.5 cm³/mol. The van der Waals surface area contributed by atoms with Crippen LogP contribution in [0.15, 0.2) is 48.7 Å². The number of benzene rings is 1. The van der Waals surface area contributed by atoms with Crippen LogP contribution >= 0.6 is 0 Å². The van der Waals surface area contributed by atoms with Crippen LogP contribution in [0.4, 0.5) is 5.69 Å². The summed E-state index contributed by atoms with van der Waals surface area (Å²) in [5.74, 6) is -0.138. The van der Waals surface area contributed by atoms with E-state index in [1.807, 2.05) is 38.1 Å². The molecule has 0 aliphatic carbocycles. The molecule has 110 valence electrons. The third kappa shape index (κ3) is 4.91. The molecule has 2 N–H and O–H groups in total. The predicted octanol–water partition coefficient (Wildman–Crippen LogP) is 2.87. The third-order valence-corrected chi connectivity index (χ3v) is 3.00. The van der Waals surface area contributed by atoms with E-state index >= 15 is 0 Å². The summed E-state index contributed by atoms with van der Waals surface area (Å²) < 4.78 is 0. The van der Waals surface area contributed by atoms with E-state index in [9.17, 15) is 4.79 Å². The van der Waals surface area contributed by atoms with Crippen molar-refractivity contribution in [2.75, 3.05) is 11.9 Å². The molecule has 0 spiro atoms. The lowest BCUT2D eigenvalue weighted by Gasteiger charge is -2.09. The van der Waals surface area contributed by atoms with Crippen LogP contribution in [0, 0.1) is 0 Å². The maximum absolute atomic E-state index is 11.8. The number of aromatic nitrogens is 1. The molecule has 21 heavy (non-hydrogen) atoms. The van der Waals surface area contributed by atoms with Gasteiger partial charge in [-0.15, -0.1) is 0 Å². The monoisotopic (exact) mass is 283 g/mol. The Hall–Kier alpha value is -2.36. The zero-order chi connectivity index (χ0) is 15.1. The van der Waals surface area contributed by atoms with Crippen molar-refractivity contribution in [2.24, 2.45) is 0 Å². The van der Waals surface area contributed by atoms with Crippen LogP contribution in [0.3, 0.4) is 0 Å². The Labute approximate surface area is 125 Å². The maximum atomic E-state index is 11.8. The molecule has 0 atom stereocenters. The van der Waals surface area contributed by atoms with Crippen molar-refractivity contribution in [3.8, 4) is 0 Å². The second-order valence-electron chi connectivity index (χ2n) is 5.22. The molecule has 1 amide bonds. The van der Waals surface area contributed by atoms with E-state index in [-0.39, 0.29) is 11.9 Å². The summed E-state index contributed by atoms with van der Waals surface area (Å²) in [7, 11) is 0. The van der Waals surface area contributed by atoms with Gasteiger partial charge >= 0.3 is 0 Å². The number of nitrogens with zero attached hydrogens (tertiary/aromatic N) is 1. The number of carbonyl (C=O) groups excluding carboxylic acids is 1. The van der Waals surface area contributed by atoms with Crippen molar-refractivity contribution in [3.63, 3.8) is 0 Å². The first kappa shape index (κ1) is 15.0. The van der Waals surface area contributed by atoms with Gasteiger partial charge in [0.05, 0.1) is 11.9 Å². The fourth-order valence-corrected chi connectivity index (χ4v) is 1.96. The van der Waals surface area contributed by atoms with Gasteiger partial charge in [-0.1, -0.05) is 30.3 Å². The van der Waals surface area contributed by atoms with Crippen molar-refractivity contribution in [1.82, 2.24) is 10.3 Å². The number of rotatable bonds is 6. The lowest BCUT2D eigenvalue weighted by molar-refractivity contribution is 0.0938. The Morgan fingerprint density at radius 1 is 1.14 bits per heavy atom. The van der Waals surface area contributed by atoms with Gasteiger partial charge in [0.25, 0.3) is 5.91 Å². The minimum atomic E-state index is -0.138. The van der Waals surface area contributed by atoms with Crippen molar-refractivity contribution in [3.05, 3.63) is 59.9 Å². The van der Waals surface area contributed by atoms with Crippen molar-refractivity contribution < 1.29 is 4.79 Å². The number of hydrogen-bond donors (Lipinski definition) is 2. The molecule has 0 fully saturated rings. The Balaban J connectivity index is 1.84. The molecule has 0 bridgehead atoms. The first-order valence-electron chi connectivity index (χ1n) is 7.20. The molecule has 4 nitrogen and oxygen atoms in total. The van der Waals surface area contributed by atoms with Crippen molar-refractivity contribution >= 4 is 11.6 Å². The molecule has 0 saturated heterocycles. The molecule has 0 saturated carbocycles. The fraction of sp³-hybridized carbons (Fsp3) is 0.294. The maximum Gasteiger partial charge on any atom is 0.270 e. The van der Waals surface area contributed by atoms with Gasteiger partial charge in [0.2, 0.25) is 0 Å². The van der Waals surface area contributed by atoms with Crippen LogP contribution < -0.4 is 10.6 Å². The number of nitrogens with one attached hydrogen (secondary N) is 2. The average Bonchev–Trinajstić information content (AvgIpc) is 2.48. The highest BCUT2D eigenvalue weighted by molar-refractivity contribution is 5.92. The Kier molecular flexibility index (Phi) is 5.32. The minimum Gasteiger partial charge on any atom is -0.383 e. The molecule has 0 unspecified atom stereocenters. The van der Waals surface area contributed by atoms with Gasteiger partial charge in [-0.25, -0.2) is 4.98 Å². The summed E-state index contributed by atoms with van der Waals surface area (Å²) in [5, 5.41) is 6.13. The summed E-state index contributed by atoms with van der Waals surface area (Å²) in [4.78, 5) is 16.0. The molecule has 4 heteroatoms. The lowest BCUT2D eigenvalue weighted by atomic mass is 10.1. The van der Waals surface area contributed by atoms with Crippen LogP contribution in [0.25, 0.3) is 0 Å². The highest BCUT2D eigenvalue weighted by atomic mass is 16.1. The summed E-state index contributed by atoms with van der Waals surface area (Å²) in [6, 6.07) is 14.1. The minimum absolute atomic E-state index is 0.114. The number of pyridine rings is 1. The highest BCUT2D eigenvalue weighted by Crippen LogP contribution is 2.07.